The predicted octanol–water partition coefficient (Wildman–Crippen LogP) is 1.78. The molecule has 0 unspecified atom stereocenters. The second kappa shape index (κ2) is 9.21. The molecule has 2 aromatic rings. The number of likely N-dealkylation sites (N-methyl/N-ethyl adjacent to an activating group) is 1. The van der Waals surface area contributed by atoms with E-state index in [4.69, 9.17) is 11.6 Å². The number of halogens is 1. The fourth-order valence-corrected chi connectivity index (χ4v) is 3.49. The van der Waals surface area contributed by atoms with Crippen LogP contribution in [-0.4, -0.2) is 60.9 Å². The van der Waals surface area contributed by atoms with Crippen molar-refractivity contribution in [2.24, 2.45) is 5.92 Å². The largest absolute Gasteiger partial charge is 0.355 e. The first-order valence-electron chi connectivity index (χ1n) is 9.48. The summed E-state index contributed by atoms with van der Waals surface area (Å²) in [6, 6.07) is 10.3. The summed E-state index contributed by atoms with van der Waals surface area (Å²) in [5, 5.41) is 8.08. The quantitative estimate of drug-likeness (QED) is 0.796. The summed E-state index contributed by atoms with van der Waals surface area (Å²) in [4.78, 5) is 28.9. The Balaban J connectivity index is 1.73. The van der Waals surface area contributed by atoms with Gasteiger partial charge in [0.2, 0.25) is 5.91 Å². The summed E-state index contributed by atoms with van der Waals surface area (Å²) in [7, 11) is 3.96. The Hall–Kier alpha value is -2.38. The van der Waals surface area contributed by atoms with Gasteiger partial charge in [0, 0.05) is 37.3 Å². The van der Waals surface area contributed by atoms with E-state index in [2.05, 4.69) is 15.3 Å². The molecule has 1 aromatic carbocycles. The summed E-state index contributed by atoms with van der Waals surface area (Å²) in [5.74, 6) is 0.685. The van der Waals surface area contributed by atoms with Gasteiger partial charge in [-0.25, -0.2) is 0 Å². The molecule has 1 aromatic heterocycles. The molecule has 0 bridgehead atoms. The van der Waals surface area contributed by atoms with Crippen LogP contribution in [0.15, 0.2) is 41.2 Å². The van der Waals surface area contributed by atoms with Crippen molar-refractivity contribution >= 4 is 23.3 Å². The van der Waals surface area contributed by atoms with Crippen LogP contribution < -0.4 is 15.8 Å². The van der Waals surface area contributed by atoms with Crippen LogP contribution in [0.1, 0.15) is 12.8 Å². The highest BCUT2D eigenvalue weighted by atomic mass is 35.5. The zero-order chi connectivity index (χ0) is 20.1. The Morgan fingerprint density at radius 2 is 2.14 bits per heavy atom. The molecule has 2 heterocycles. The van der Waals surface area contributed by atoms with Gasteiger partial charge in [-0.3, -0.25) is 9.59 Å². The second-order valence-electron chi connectivity index (χ2n) is 7.30. The summed E-state index contributed by atoms with van der Waals surface area (Å²) >= 11 is 6.05. The number of hydrogen-bond acceptors (Lipinski definition) is 5. The maximum atomic E-state index is 12.5. The zero-order valence-electron chi connectivity index (χ0n) is 16.3. The van der Waals surface area contributed by atoms with Gasteiger partial charge in [-0.05, 0) is 51.2 Å². The highest BCUT2D eigenvalue weighted by Crippen LogP contribution is 2.22. The van der Waals surface area contributed by atoms with Crippen LogP contribution in [-0.2, 0) is 4.79 Å². The summed E-state index contributed by atoms with van der Waals surface area (Å²) in [6.45, 7) is 2.85. The normalized spacial score (nSPS) is 17.0. The first-order valence-corrected chi connectivity index (χ1v) is 9.85. The first-order chi connectivity index (χ1) is 13.4. The molecule has 1 aliphatic heterocycles. The number of aromatic nitrogens is 2. The van der Waals surface area contributed by atoms with Crippen LogP contribution in [0, 0.1) is 5.92 Å². The van der Waals surface area contributed by atoms with Gasteiger partial charge in [-0.1, -0.05) is 17.7 Å². The van der Waals surface area contributed by atoms with Crippen LogP contribution in [0.25, 0.3) is 5.69 Å². The van der Waals surface area contributed by atoms with Gasteiger partial charge < -0.3 is 15.1 Å². The minimum atomic E-state index is -0.221. The van der Waals surface area contributed by atoms with Crippen molar-refractivity contribution < 1.29 is 4.79 Å². The topological polar surface area (TPSA) is 70.5 Å². The maximum absolute atomic E-state index is 12.5. The molecule has 1 aliphatic rings. The summed E-state index contributed by atoms with van der Waals surface area (Å²) < 4.78 is 1.35. The number of anilines is 1. The minimum Gasteiger partial charge on any atom is -0.355 e. The molecular formula is C20H26ClN5O2. The fraction of sp³-hybridized carbons (Fsp3) is 0.450. The van der Waals surface area contributed by atoms with Gasteiger partial charge in [0.25, 0.3) is 5.56 Å². The Morgan fingerprint density at radius 3 is 2.89 bits per heavy atom. The number of carbonyl (C=O) groups excluding carboxylic acids is 1. The Morgan fingerprint density at radius 1 is 1.32 bits per heavy atom. The molecule has 0 radical (unpaired) electrons. The van der Waals surface area contributed by atoms with E-state index >= 15 is 0 Å². The van der Waals surface area contributed by atoms with Crippen molar-refractivity contribution in [3.05, 3.63) is 51.8 Å². The standard InChI is InChI=1S/C20H26ClN5O2/c1-24(2)12-10-22-20(28)15-5-4-11-25(14-15)18-8-9-19(27)26(23-18)17-7-3-6-16(21)13-17/h3,6-9,13,15H,4-5,10-12,14H2,1-2H3,(H,22,28)/t15-/m0/s1. The third-order valence-corrected chi connectivity index (χ3v) is 5.05. The Kier molecular flexibility index (Phi) is 6.70. The molecule has 1 fully saturated rings. The second-order valence-corrected chi connectivity index (χ2v) is 7.74. The predicted molar refractivity (Wildman–Crippen MR) is 111 cm³/mol. The number of hydrogen-bond donors (Lipinski definition) is 1. The van der Waals surface area contributed by atoms with E-state index in [0.29, 0.717) is 29.6 Å². The van der Waals surface area contributed by atoms with E-state index in [0.717, 1.165) is 25.9 Å². The lowest BCUT2D eigenvalue weighted by molar-refractivity contribution is -0.125. The van der Waals surface area contributed by atoms with Crippen LogP contribution in [0.3, 0.4) is 0 Å². The molecule has 0 aliphatic carbocycles. The van der Waals surface area contributed by atoms with Crippen molar-refractivity contribution in [1.82, 2.24) is 20.0 Å². The lowest BCUT2D eigenvalue weighted by Gasteiger charge is -2.33. The van der Waals surface area contributed by atoms with E-state index in [1.807, 2.05) is 19.0 Å². The maximum Gasteiger partial charge on any atom is 0.271 e. The number of rotatable bonds is 6. The van der Waals surface area contributed by atoms with Gasteiger partial charge in [-0.2, -0.15) is 4.68 Å². The van der Waals surface area contributed by atoms with Gasteiger partial charge in [0.05, 0.1) is 11.6 Å². The number of carbonyl (C=O) groups is 1. The van der Waals surface area contributed by atoms with Gasteiger partial charge in [0.1, 0.15) is 5.82 Å². The van der Waals surface area contributed by atoms with Crippen LogP contribution >= 0.6 is 11.6 Å². The average molecular weight is 404 g/mol. The third kappa shape index (κ3) is 5.11. The SMILES string of the molecule is CN(C)CCNC(=O)[C@H]1CCCN(c2ccc(=O)n(-c3cccc(Cl)c3)n2)C1. The van der Waals surface area contributed by atoms with Gasteiger partial charge in [0.15, 0.2) is 0 Å². The molecule has 1 amide bonds. The lowest BCUT2D eigenvalue weighted by atomic mass is 9.97. The zero-order valence-corrected chi connectivity index (χ0v) is 17.0. The Labute approximate surface area is 169 Å². The summed E-state index contributed by atoms with van der Waals surface area (Å²) in [6.07, 6.45) is 1.77. The van der Waals surface area contributed by atoms with Gasteiger partial charge in [-0.15, -0.1) is 5.10 Å². The smallest absolute Gasteiger partial charge is 0.271 e. The third-order valence-electron chi connectivity index (χ3n) is 4.81. The molecule has 7 nitrogen and oxygen atoms in total. The molecule has 1 saturated heterocycles. The highest BCUT2D eigenvalue weighted by Gasteiger charge is 2.26. The van der Waals surface area contributed by atoms with E-state index < -0.39 is 0 Å². The molecule has 1 atom stereocenters. The molecular weight excluding hydrogens is 378 g/mol. The Bertz CT molecular complexity index is 883. The van der Waals surface area contributed by atoms with E-state index in [1.54, 1.807) is 30.3 Å². The number of amides is 1. The van der Waals surface area contributed by atoms with Crippen molar-refractivity contribution in [1.29, 1.82) is 0 Å². The van der Waals surface area contributed by atoms with Crippen LogP contribution in [0.2, 0.25) is 5.02 Å². The molecule has 28 heavy (non-hydrogen) atoms. The van der Waals surface area contributed by atoms with Crippen LogP contribution in [0.4, 0.5) is 5.82 Å². The minimum absolute atomic E-state index is 0.0784. The first kappa shape index (κ1) is 20.4. The molecule has 0 spiro atoms. The van der Waals surface area contributed by atoms with Crippen molar-refractivity contribution in [3.8, 4) is 5.69 Å². The molecule has 1 N–H and O–H groups in total. The number of nitrogens with zero attached hydrogens (tertiary/aromatic N) is 4. The molecule has 0 saturated carbocycles. The van der Waals surface area contributed by atoms with Crippen molar-refractivity contribution in [3.63, 3.8) is 0 Å². The monoisotopic (exact) mass is 403 g/mol. The molecule has 3 rings (SSSR count). The highest BCUT2D eigenvalue weighted by molar-refractivity contribution is 6.30. The van der Waals surface area contributed by atoms with Crippen LogP contribution in [0.5, 0.6) is 0 Å². The van der Waals surface area contributed by atoms with Crippen molar-refractivity contribution in [2.45, 2.75) is 12.8 Å². The number of piperidine rings is 1. The lowest BCUT2D eigenvalue weighted by Crippen LogP contribution is -2.45. The molecule has 8 heteroatoms. The van der Waals surface area contributed by atoms with Crippen molar-refractivity contribution in [2.75, 3.05) is 45.2 Å². The summed E-state index contributed by atoms with van der Waals surface area (Å²) in [5.41, 5.74) is 0.398. The average Bonchev–Trinajstić information content (AvgIpc) is 2.68. The van der Waals surface area contributed by atoms with E-state index in [-0.39, 0.29) is 17.4 Å². The van der Waals surface area contributed by atoms with E-state index in [9.17, 15) is 9.59 Å². The number of benzene rings is 1. The number of nitrogens with one attached hydrogen (secondary N) is 1. The fourth-order valence-electron chi connectivity index (χ4n) is 3.31. The van der Waals surface area contributed by atoms with E-state index in [1.165, 1.54) is 10.7 Å². The molecule has 150 valence electrons. The van der Waals surface area contributed by atoms with Gasteiger partial charge >= 0.3 is 0 Å².